The first-order valence-corrected chi connectivity index (χ1v) is 14.7. The molecule has 4 heterocycles. The number of ether oxygens (including phenoxy) is 1. The van der Waals surface area contributed by atoms with Crippen molar-refractivity contribution in [2.45, 2.75) is 58.5 Å². The summed E-state index contributed by atoms with van der Waals surface area (Å²) < 4.78 is 10.7. The van der Waals surface area contributed by atoms with E-state index in [2.05, 4.69) is 32.2 Å². The Labute approximate surface area is 241 Å². The van der Waals surface area contributed by atoms with Gasteiger partial charge >= 0.3 is 6.09 Å². The molecule has 1 aromatic carbocycles. The van der Waals surface area contributed by atoms with Gasteiger partial charge in [-0.25, -0.2) is 9.78 Å². The van der Waals surface area contributed by atoms with Crippen molar-refractivity contribution in [3.63, 3.8) is 0 Å². The number of piperidine rings is 1. The van der Waals surface area contributed by atoms with E-state index in [0.29, 0.717) is 30.4 Å². The molecule has 2 saturated heterocycles. The monoisotopic (exact) mass is 560 g/mol. The smallest absolute Gasteiger partial charge is 0.391 e. The number of likely N-dealkylation sites (tertiary alicyclic amines) is 1. The van der Waals surface area contributed by atoms with Crippen LogP contribution in [0, 0.1) is 6.92 Å². The standard InChI is InChI=1S/C31H40N6O4/c1-3-27-6-4-5-14-37(27)22-24-7-9-25(10-8-24)30(38)33-26-11-12-29(32-21-26)40-31(39)36-18-16-35(17-19-36)15-13-28-20-23(2)34-41-28/h7-12,20-21,27H,3-6,13-19,22H2,1-2H3,(H,33,38). The van der Waals surface area contributed by atoms with Gasteiger partial charge in [0.2, 0.25) is 5.88 Å². The first-order chi connectivity index (χ1) is 20.0. The second-order valence-electron chi connectivity index (χ2n) is 10.9. The third kappa shape index (κ3) is 7.92. The Kier molecular flexibility index (Phi) is 9.63. The molecular formula is C31H40N6O4. The summed E-state index contributed by atoms with van der Waals surface area (Å²) in [5.74, 6) is 0.869. The first kappa shape index (κ1) is 28.8. The van der Waals surface area contributed by atoms with Crippen LogP contribution in [-0.2, 0) is 13.0 Å². The molecule has 2 aliphatic heterocycles. The van der Waals surface area contributed by atoms with Crippen molar-refractivity contribution in [3.05, 3.63) is 71.2 Å². The molecule has 1 unspecified atom stereocenters. The highest BCUT2D eigenvalue weighted by molar-refractivity contribution is 6.04. The average Bonchev–Trinajstić information content (AvgIpc) is 3.42. The zero-order chi connectivity index (χ0) is 28.6. The van der Waals surface area contributed by atoms with Crippen LogP contribution in [0.2, 0.25) is 0 Å². The van der Waals surface area contributed by atoms with Gasteiger partial charge in [-0.3, -0.25) is 14.6 Å². The number of anilines is 1. The number of carbonyl (C=O) groups excluding carboxylic acids is 2. The Bertz CT molecular complexity index is 1280. The number of aromatic nitrogens is 2. The number of piperazine rings is 1. The Hall–Kier alpha value is -3.76. The molecule has 5 rings (SSSR count). The molecule has 0 spiro atoms. The van der Waals surface area contributed by atoms with Crippen LogP contribution in [-0.4, -0.2) is 82.2 Å². The third-order valence-electron chi connectivity index (χ3n) is 7.99. The molecule has 41 heavy (non-hydrogen) atoms. The molecule has 218 valence electrons. The van der Waals surface area contributed by atoms with Crippen molar-refractivity contribution in [2.75, 3.05) is 44.6 Å². The lowest BCUT2D eigenvalue weighted by atomic mass is 9.99. The molecule has 10 nitrogen and oxygen atoms in total. The summed E-state index contributed by atoms with van der Waals surface area (Å²) >= 11 is 0. The highest BCUT2D eigenvalue weighted by atomic mass is 16.6. The lowest BCUT2D eigenvalue weighted by molar-refractivity contribution is 0.102. The van der Waals surface area contributed by atoms with Gasteiger partial charge < -0.3 is 19.5 Å². The number of rotatable bonds is 9. The van der Waals surface area contributed by atoms with Crippen molar-refractivity contribution < 1.29 is 18.8 Å². The van der Waals surface area contributed by atoms with Crippen LogP contribution in [0.5, 0.6) is 5.88 Å². The van der Waals surface area contributed by atoms with Gasteiger partial charge in [-0.15, -0.1) is 0 Å². The largest absolute Gasteiger partial charge is 0.416 e. The highest BCUT2D eigenvalue weighted by Crippen LogP contribution is 2.22. The molecule has 1 atom stereocenters. The number of carbonyl (C=O) groups is 2. The van der Waals surface area contributed by atoms with Crippen molar-refractivity contribution in [3.8, 4) is 5.88 Å². The van der Waals surface area contributed by atoms with E-state index in [1.807, 2.05) is 37.3 Å². The van der Waals surface area contributed by atoms with Crippen molar-refractivity contribution in [2.24, 2.45) is 0 Å². The van der Waals surface area contributed by atoms with Crippen LogP contribution in [0.4, 0.5) is 10.5 Å². The summed E-state index contributed by atoms with van der Waals surface area (Å²) in [6.07, 6.45) is 6.89. The van der Waals surface area contributed by atoms with Crippen LogP contribution >= 0.6 is 0 Å². The number of pyridine rings is 1. The van der Waals surface area contributed by atoms with Gasteiger partial charge in [0.1, 0.15) is 5.76 Å². The van der Waals surface area contributed by atoms with Gasteiger partial charge in [0.05, 0.1) is 17.6 Å². The summed E-state index contributed by atoms with van der Waals surface area (Å²) in [6, 6.07) is 13.7. The van der Waals surface area contributed by atoms with Crippen molar-refractivity contribution in [1.29, 1.82) is 0 Å². The van der Waals surface area contributed by atoms with Crippen LogP contribution in [0.15, 0.2) is 53.2 Å². The number of benzene rings is 1. The number of nitrogens with one attached hydrogen (secondary N) is 1. The van der Waals surface area contributed by atoms with E-state index in [4.69, 9.17) is 9.26 Å². The summed E-state index contributed by atoms with van der Waals surface area (Å²) in [5, 5.41) is 6.79. The molecule has 2 fully saturated rings. The molecule has 0 bridgehead atoms. The summed E-state index contributed by atoms with van der Waals surface area (Å²) in [6.45, 7) is 9.77. The molecule has 1 N–H and O–H groups in total. The van der Waals surface area contributed by atoms with E-state index in [1.54, 1.807) is 17.0 Å². The minimum atomic E-state index is -0.422. The first-order valence-electron chi connectivity index (χ1n) is 14.7. The molecule has 3 aromatic rings. The van der Waals surface area contributed by atoms with Crippen LogP contribution in [0.3, 0.4) is 0 Å². The van der Waals surface area contributed by atoms with E-state index in [-0.39, 0.29) is 11.8 Å². The Balaban J connectivity index is 1.05. The Morgan fingerprint density at radius 1 is 1.05 bits per heavy atom. The zero-order valence-electron chi connectivity index (χ0n) is 24.1. The van der Waals surface area contributed by atoms with E-state index in [1.165, 1.54) is 37.4 Å². The van der Waals surface area contributed by atoms with Crippen LogP contribution < -0.4 is 10.1 Å². The number of nitrogens with zero attached hydrogens (tertiary/aromatic N) is 5. The highest BCUT2D eigenvalue weighted by Gasteiger charge is 2.23. The topological polar surface area (TPSA) is 104 Å². The second-order valence-corrected chi connectivity index (χ2v) is 10.9. The SMILES string of the molecule is CCC1CCCCN1Cc1ccc(C(=O)Nc2ccc(OC(=O)N3CCN(CCc4cc(C)no4)CC3)nc2)cc1. The molecule has 10 heteroatoms. The number of hydrogen-bond donors (Lipinski definition) is 1. The predicted octanol–water partition coefficient (Wildman–Crippen LogP) is 4.75. The molecule has 2 aromatic heterocycles. The van der Waals surface area contributed by atoms with Gasteiger partial charge in [0.15, 0.2) is 0 Å². The molecule has 0 aliphatic carbocycles. The van der Waals surface area contributed by atoms with Crippen molar-refractivity contribution >= 4 is 17.7 Å². The van der Waals surface area contributed by atoms with Gasteiger partial charge in [-0.1, -0.05) is 30.6 Å². The maximum absolute atomic E-state index is 12.8. The number of hydrogen-bond acceptors (Lipinski definition) is 8. The fourth-order valence-corrected chi connectivity index (χ4v) is 5.55. The molecular weight excluding hydrogens is 520 g/mol. The van der Waals surface area contributed by atoms with E-state index in [9.17, 15) is 9.59 Å². The zero-order valence-corrected chi connectivity index (χ0v) is 24.1. The van der Waals surface area contributed by atoms with Gasteiger partial charge in [0, 0.05) is 69.4 Å². The summed E-state index contributed by atoms with van der Waals surface area (Å²) in [7, 11) is 0. The minimum Gasteiger partial charge on any atom is -0.391 e. The lowest BCUT2D eigenvalue weighted by Crippen LogP contribution is -2.49. The van der Waals surface area contributed by atoms with E-state index < -0.39 is 6.09 Å². The Morgan fingerprint density at radius 3 is 2.54 bits per heavy atom. The van der Waals surface area contributed by atoms with Crippen LogP contribution in [0.1, 0.15) is 60.0 Å². The minimum absolute atomic E-state index is 0.198. The van der Waals surface area contributed by atoms with Gasteiger partial charge in [-0.2, -0.15) is 0 Å². The molecule has 2 amide bonds. The maximum atomic E-state index is 12.8. The fourth-order valence-electron chi connectivity index (χ4n) is 5.55. The maximum Gasteiger partial charge on any atom is 0.416 e. The third-order valence-corrected chi connectivity index (χ3v) is 7.99. The predicted molar refractivity (Wildman–Crippen MR) is 156 cm³/mol. The second kappa shape index (κ2) is 13.7. The normalized spacial score (nSPS) is 18.3. The average molecular weight is 561 g/mol. The number of aryl methyl sites for hydroxylation is 1. The van der Waals surface area contributed by atoms with E-state index >= 15 is 0 Å². The Morgan fingerprint density at radius 2 is 1.85 bits per heavy atom. The number of amides is 2. The van der Waals surface area contributed by atoms with Crippen molar-refractivity contribution in [1.82, 2.24) is 24.8 Å². The lowest BCUT2D eigenvalue weighted by Gasteiger charge is -2.35. The van der Waals surface area contributed by atoms with Gasteiger partial charge in [0.25, 0.3) is 5.91 Å². The van der Waals surface area contributed by atoms with Gasteiger partial charge in [-0.05, 0) is 56.5 Å². The molecule has 2 aliphatic rings. The van der Waals surface area contributed by atoms with E-state index in [0.717, 1.165) is 50.6 Å². The summed E-state index contributed by atoms with van der Waals surface area (Å²) in [5.41, 5.74) is 3.23. The quantitative estimate of drug-likeness (QED) is 0.400. The molecule has 0 saturated carbocycles. The summed E-state index contributed by atoms with van der Waals surface area (Å²) in [4.78, 5) is 36.2. The fraction of sp³-hybridized carbons (Fsp3) is 0.484. The molecule has 0 radical (unpaired) electrons. The van der Waals surface area contributed by atoms with Crippen LogP contribution in [0.25, 0.3) is 0 Å².